The minimum Gasteiger partial charge on any atom is -0.457 e. The largest absolute Gasteiger partial charge is 0.457 e. The molecule has 154 valence electrons. The van der Waals surface area contributed by atoms with E-state index in [0.717, 1.165) is 33.5 Å². The van der Waals surface area contributed by atoms with Gasteiger partial charge in [-0.1, -0.05) is 60.7 Å². The van der Waals surface area contributed by atoms with Gasteiger partial charge in [0.15, 0.2) is 0 Å². The lowest BCUT2D eigenvalue weighted by molar-refractivity contribution is 0.484. The molecule has 0 unspecified atom stereocenters. The van der Waals surface area contributed by atoms with Crippen LogP contribution in [0.5, 0.6) is 11.5 Å². The first-order valence-corrected chi connectivity index (χ1v) is 10.3. The first kappa shape index (κ1) is 19.5. The van der Waals surface area contributed by atoms with Crippen LogP contribution < -0.4 is 10.5 Å². The van der Waals surface area contributed by atoms with Crippen molar-refractivity contribution < 1.29 is 4.74 Å². The fourth-order valence-corrected chi connectivity index (χ4v) is 3.47. The summed E-state index contributed by atoms with van der Waals surface area (Å²) in [6.07, 6.45) is 1.69. The Morgan fingerprint density at radius 3 is 2.31 bits per heavy atom. The quantitative estimate of drug-likeness (QED) is 0.236. The summed E-state index contributed by atoms with van der Waals surface area (Å²) in [6.45, 7) is 0. The molecule has 0 radical (unpaired) electrons. The smallest absolute Gasteiger partial charge is 0.136 e. The zero-order valence-corrected chi connectivity index (χ0v) is 17.2. The van der Waals surface area contributed by atoms with E-state index < -0.39 is 0 Å². The van der Waals surface area contributed by atoms with E-state index in [4.69, 9.17) is 10.5 Å². The number of fused-ring (bicyclic) bond motifs is 1. The molecule has 0 aliphatic heterocycles. The highest BCUT2D eigenvalue weighted by molar-refractivity contribution is 5.98. The summed E-state index contributed by atoms with van der Waals surface area (Å²) in [4.78, 5) is 4.57. The number of para-hydroxylation sites is 2. The van der Waals surface area contributed by atoms with Gasteiger partial charge in [-0.15, -0.1) is 10.2 Å². The van der Waals surface area contributed by atoms with Crippen LogP contribution in [0.15, 0.2) is 120 Å². The molecular formula is C27H20N4O. The van der Waals surface area contributed by atoms with Gasteiger partial charge in [0.05, 0.1) is 17.6 Å². The minimum absolute atomic E-state index is 0.614. The van der Waals surface area contributed by atoms with Crippen molar-refractivity contribution in [3.05, 3.63) is 109 Å². The van der Waals surface area contributed by atoms with E-state index in [1.165, 1.54) is 0 Å². The zero-order chi connectivity index (χ0) is 21.8. The van der Waals surface area contributed by atoms with Crippen molar-refractivity contribution in [1.82, 2.24) is 4.98 Å². The van der Waals surface area contributed by atoms with E-state index in [0.29, 0.717) is 17.1 Å². The number of rotatable bonds is 5. The lowest BCUT2D eigenvalue weighted by Crippen LogP contribution is -1.89. The molecule has 1 heterocycles. The van der Waals surface area contributed by atoms with Crippen molar-refractivity contribution in [2.75, 3.05) is 5.73 Å². The molecule has 5 heteroatoms. The Morgan fingerprint density at radius 2 is 1.47 bits per heavy atom. The first-order valence-electron chi connectivity index (χ1n) is 10.3. The third-order valence-corrected chi connectivity index (χ3v) is 5.10. The third kappa shape index (κ3) is 4.04. The van der Waals surface area contributed by atoms with Gasteiger partial charge in [0.1, 0.15) is 22.9 Å². The molecule has 2 N–H and O–H groups in total. The van der Waals surface area contributed by atoms with Crippen LogP contribution in [0.1, 0.15) is 0 Å². The van der Waals surface area contributed by atoms with Gasteiger partial charge in [-0.2, -0.15) is 0 Å². The number of azo groups is 1. The number of aromatic nitrogens is 1. The highest BCUT2D eigenvalue weighted by Crippen LogP contribution is 2.34. The van der Waals surface area contributed by atoms with Crippen LogP contribution >= 0.6 is 0 Å². The topological polar surface area (TPSA) is 72.9 Å². The van der Waals surface area contributed by atoms with Gasteiger partial charge < -0.3 is 10.5 Å². The zero-order valence-electron chi connectivity index (χ0n) is 17.2. The van der Waals surface area contributed by atoms with Gasteiger partial charge in [-0.05, 0) is 47.9 Å². The van der Waals surface area contributed by atoms with Gasteiger partial charge in [-0.25, -0.2) is 0 Å². The predicted octanol–water partition coefficient (Wildman–Crippen LogP) is 7.69. The van der Waals surface area contributed by atoms with Crippen LogP contribution in [0.2, 0.25) is 0 Å². The Balaban J connectivity index is 1.39. The fraction of sp³-hybridized carbons (Fsp3) is 0. The fourth-order valence-electron chi connectivity index (χ4n) is 3.47. The van der Waals surface area contributed by atoms with Crippen molar-refractivity contribution in [2.24, 2.45) is 10.2 Å². The van der Waals surface area contributed by atoms with Crippen LogP contribution in [0.4, 0.5) is 17.1 Å². The molecule has 32 heavy (non-hydrogen) atoms. The van der Waals surface area contributed by atoms with Crippen molar-refractivity contribution in [1.29, 1.82) is 0 Å². The molecule has 0 amide bonds. The van der Waals surface area contributed by atoms with Crippen LogP contribution in [-0.2, 0) is 0 Å². The molecule has 5 aromatic rings. The predicted molar refractivity (Wildman–Crippen MR) is 129 cm³/mol. The summed E-state index contributed by atoms with van der Waals surface area (Å²) in [7, 11) is 0. The van der Waals surface area contributed by atoms with E-state index in [-0.39, 0.29) is 0 Å². The molecule has 0 saturated heterocycles. The summed E-state index contributed by atoms with van der Waals surface area (Å²) in [5.74, 6) is 1.52. The molecule has 0 aliphatic carbocycles. The first-order chi connectivity index (χ1) is 15.8. The molecule has 0 aliphatic rings. The number of nitrogens with two attached hydrogens (primary N) is 1. The maximum atomic E-state index is 6.28. The van der Waals surface area contributed by atoms with E-state index in [1.807, 2.05) is 103 Å². The Bertz CT molecular complexity index is 1400. The van der Waals surface area contributed by atoms with Crippen LogP contribution in [-0.4, -0.2) is 4.98 Å². The third-order valence-electron chi connectivity index (χ3n) is 5.10. The van der Waals surface area contributed by atoms with Crippen LogP contribution in [0.25, 0.3) is 22.0 Å². The highest BCUT2D eigenvalue weighted by atomic mass is 16.5. The Hall–Kier alpha value is -4.51. The number of benzene rings is 4. The second kappa shape index (κ2) is 8.70. The monoisotopic (exact) mass is 416 g/mol. The van der Waals surface area contributed by atoms with Crippen molar-refractivity contribution >= 4 is 27.8 Å². The van der Waals surface area contributed by atoms with Crippen molar-refractivity contribution in [2.45, 2.75) is 0 Å². The van der Waals surface area contributed by atoms with E-state index in [9.17, 15) is 0 Å². The summed E-state index contributed by atoms with van der Waals surface area (Å²) < 4.78 is 6.05. The maximum absolute atomic E-state index is 6.28. The molecule has 0 spiro atoms. The molecule has 0 bridgehead atoms. The van der Waals surface area contributed by atoms with Crippen LogP contribution in [0, 0.1) is 0 Å². The lowest BCUT2D eigenvalue weighted by atomic mass is 10.1. The number of nitrogen functional groups attached to an aromatic ring is 1. The number of anilines is 1. The summed E-state index contributed by atoms with van der Waals surface area (Å²) in [6, 6.07) is 33.1. The average molecular weight is 416 g/mol. The standard InChI is InChI=1S/C27H20N4O/c28-27-22-11-5-4-8-19(22)14-16-25(27)31-30-20-15-17-24(29-18-20)23-12-6-7-13-26(23)32-21-9-2-1-3-10-21/h1-18H,28H2. The molecule has 1 aromatic heterocycles. The summed E-state index contributed by atoms with van der Waals surface area (Å²) in [5, 5.41) is 10.7. The van der Waals surface area contributed by atoms with Gasteiger partial charge in [0.25, 0.3) is 0 Å². The number of hydrogen-bond donors (Lipinski definition) is 1. The van der Waals surface area contributed by atoms with E-state index in [1.54, 1.807) is 6.20 Å². The Kier molecular flexibility index (Phi) is 5.29. The molecule has 5 rings (SSSR count). The average Bonchev–Trinajstić information content (AvgIpc) is 2.85. The van der Waals surface area contributed by atoms with Gasteiger partial charge in [0.2, 0.25) is 0 Å². The SMILES string of the molecule is Nc1c(N=Nc2ccc(-c3ccccc3Oc3ccccc3)nc2)ccc2ccccc12. The van der Waals surface area contributed by atoms with Gasteiger partial charge in [0, 0.05) is 10.9 Å². The maximum Gasteiger partial charge on any atom is 0.136 e. The van der Waals surface area contributed by atoms with Gasteiger partial charge in [-0.3, -0.25) is 4.98 Å². The molecule has 0 fully saturated rings. The highest BCUT2D eigenvalue weighted by Gasteiger charge is 2.09. The summed E-state index contributed by atoms with van der Waals surface area (Å²) in [5.41, 5.74) is 9.86. The Morgan fingerprint density at radius 1 is 0.688 bits per heavy atom. The Labute approximate surface area is 185 Å². The van der Waals surface area contributed by atoms with Crippen LogP contribution in [0.3, 0.4) is 0 Å². The number of hydrogen-bond acceptors (Lipinski definition) is 5. The van der Waals surface area contributed by atoms with Crippen molar-refractivity contribution in [3.63, 3.8) is 0 Å². The molecule has 5 nitrogen and oxygen atoms in total. The minimum atomic E-state index is 0.614. The van der Waals surface area contributed by atoms with E-state index in [2.05, 4.69) is 15.2 Å². The summed E-state index contributed by atoms with van der Waals surface area (Å²) >= 11 is 0. The molecule has 0 atom stereocenters. The van der Waals surface area contributed by atoms with Crippen molar-refractivity contribution in [3.8, 4) is 22.8 Å². The second-order valence-electron chi connectivity index (χ2n) is 7.23. The molecular weight excluding hydrogens is 396 g/mol. The number of nitrogens with zero attached hydrogens (tertiary/aromatic N) is 3. The normalized spacial score (nSPS) is 11.1. The van der Waals surface area contributed by atoms with E-state index >= 15 is 0 Å². The number of pyridine rings is 1. The molecule has 0 saturated carbocycles. The van der Waals surface area contributed by atoms with Gasteiger partial charge >= 0.3 is 0 Å². The lowest BCUT2D eigenvalue weighted by Gasteiger charge is -2.10. The molecule has 4 aromatic carbocycles. The second-order valence-corrected chi connectivity index (χ2v) is 7.23. The number of ether oxygens (including phenoxy) is 1.